The van der Waals surface area contributed by atoms with Crippen molar-refractivity contribution >= 4 is 23.2 Å². The van der Waals surface area contributed by atoms with Gasteiger partial charge in [0.2, 0.25) is 0 Å². The molecule has 1 aromatic rings. The quantitative estimate of drug-likeness (QED) is 0.873. The summed E-state index contributed by atoms with van der Waals surface area (Å²) >= 11 is 11.9. The average Bonchev–Trinajstić information content (AvgIpc) is 2.27. The van der Waals surface area contributed by atoms with E-state index in [1.807, 2.05) is 13.8 Å². The lowest BCUT2D eigenvalue weighted by Gasteiger charge is -2.33. The predicted octanol–water partition coefficient (Wildman–Crippen LogP) is 3.40. The first-order chi connectivity index (χ1) is 7.44. The molecule has 90 valence electrons. The lowest BCUT2D eigenvalue weighted by atomic mass is 9.78. The average molecular weight is 262 g/mol. The zero-order chi connectivity index (χ0) is 12.3. The van der Waals surface area contributed by atoms with E-state index in [4.69, 9.17) is 28.9 Å². The normalized spacial score (nSPS) is 16.9. The minimum atomic E-state index is -0.674. The van der Waals surface area contributed by atoms with Crippen molar-refractivity contribution in [3.63, 3.8) is 0 Å². The summed E-state index contributed by atoms with van der Waals surface area (Å²) in [5.74, 6) is 0. The Morgan fingerprint density at radius 2 is 2.06 bits per heavy atom. The predicted molar refractivity (Wildman–Crippen MR) is 68.9 cm³/mol. The van der Waals surface area contributed by atoms with Crippen LogP contribution in [0, 0.1) is 5.41 Å². The molecule has 0 bridgehead atoms. The van der Waals surface area contributed by atoms with Crippen molar-refractivity contribution in [3.05, 3.63) is 33.8 Å². The van der Waals surface area contributed by atoms with Gasteiger partial charge in [0.1, 0.15) is 0 Å². The third-order valence-electron chi connectivity index (χ3n) is 3.19. The van der Waals surface area contributed by atoms with Gasteiger partial charge in [-0.25, -0.2) is 0 Å². The molecule has 0 saturated heterocycles. The van der Waals surface area contributed by atoms with Crippen molar-refractivity contribution < 1.29 is 5.11 Å². The van der Waals surface area contributed by atoms with E-state index in [2.05, 4.69) is 0 Å². The topological polar surface area (TPSA) is 46.2 Å². The van der Waals surface area contributed by atoms with E-state index >= 15 is 0 Å². The van der Waals surface area contributed by atoms with E-state index in [1.165, 1.54) is 0 Å². The molecule has 0 saturated carbocycles. The van der Waals surface area contributed by atoms with Crippen molar-refractivity contribution in [1.29, 1.82) is 0 Å². The summed E-state index contributed by atoms with van der Waals surface area (Å²) in [4.78, 5) is 0. The molecule has 0 amide bonds. The largest absolute Gasteiger partial charge is 0.388 e. The number of rotatable bonds is 4. The van der Waals surface area contributed by atoms with Gasteiger partial charge in [-0.1, -0.05) is 43.1 Å². The Hall–Kier alpha value is -0.280. The fourth-order valence-corrected chi connectivity index (χ4v) is 2.06. The molecule has 0 fully saturated rings. The third kappa shape index (κ3) is 2.69. The Bertz CT molecular complexity index is 364. The van der Waals surface area contributed by atoms with Gasteiger partial charge in [0, 0.05) is 22.0 Å². The number of nitrogens with two attached hydrogens (primary N) is 1. The van der Waals surface area contributed by atoms with E-state index in [0.717, 1.165) is 6.42 Å². The number of aliphatic hydroxyl groups excluding tert-OH is 1. The molecule has 0 aliphatic rings. The van der Waals surface area contributed by atoms with Gasteiger partial charge < -0.3 is 10.8 Å². The van der Waals surface area contributed by atoms with Gasteiger partial charge in [0.15, 0.2) is 0 Å². The number of halogens is 2. The van der Waals surface area contributed by atoms with Crippen molar-refractivity contribution in [1.82, 2.24) is 0 Å². The SMILES string of the molecule is CCC(C)(CN)C(O)c1ccc(Cl)cc1Cl. The van der Waals surface area contributed by atoms with Crippen LogP contribution in [0.25, 0.3) is 0 Å². The molecule has 0 aromatic heterocycles. The minimum Gasteiger partial charge on any atom is -0.388 e. The Morgan fingerprint density at radius 1 is 1.44 bits per heavy atom. The van der Waals surface area contributed by atoms with Gasteiger partial charge in [-0.3, -0.25) is 0 Å². The molecule has 0 aliphatic carbocycles. The summed E-state index contributed by atoms with van der Waals surface area (Å²) in [6.45, 7) is 4.35. The molecule has 0 spiro atoms. The summed E-state index contributed by atoms with van der Waals surface area (Å²) in [5, 5.41) is 11.3. The maximum Gasteiger partial charge on any atom is 0.0869 e. The molecule has 4 heteroatoms. The van der Waals surface area contributed by atoms with E-state index in [1.54, 1.807) is 18.2 Å². The molecule has 1 aromatic carbocycles. The zero-order valence-electron chi connectivity index (χ0n) is 9.50. The highest BCUT2D eigenvalue weighted by Crippen LogP contribution is 2.39. The van der Waals surface area contributed by atoms with Crippen LogP contribution in [-0.2, 0) is 0 Å². The first-order valence-corrected chi connectivity index (χ1v) is 6.03. The molecule has 2 nitrogen and oxygen atoms in total. The summed E-state index contributed by atoms with van der Waals surface area (Å²) < 4.78 is 0. The highest BCUT2D eigenvalue weighted by molar-refractivity contribution is 6.35. The first-order valence-electron chi connectivity index (χ1n) is 5.27. The van der Waals surface area contributed by atoms with Crippen molar-refractivity contribution in [2.75, 3.05) is 6.54 Å². The van der Waals surface area contributed by atoms with Gasteiger partial charge in [-0.15, -0.1) is 0 Å². The standard InChI is InChI=1S/C12H17Cl2NO/c1-3-12(2,7-15)11(16)9-5-4-8(13)6-10(9)14/h4-6,11,16H,3,7,15H2,1-2H3. The third-order valence-corrected chi connectivity index (χ3v) is 3.75. The van der Waals surface area contributed by atoms with Crippen LogP contribution in [0.5, 0.6) is 0 Å². The fraction of sp³-hybridized carbons (Fsp3) is 0.500. The highest BCUT2D eigenvalue weighted by Gasteiger charge is 2.32. The molecule has 0 radical (unpaired) electrons. The van der Waals surface area contributed by atoms with E-state index in [9.17, 15) is 5.11 Å². The fourth-order valence-electron chi connectivity index (χ4n) is 1.55. The number of aliphatic hydroxyl groups is 1. The Balaban J connectivity index is 3.08. The second-order valence-electron chi connectivity index (χ2n) is 4.28. The van der Waals surface area contributed by atoms with Crippen LogP contribution in [0.2, 0.25) is 10.0 Å². The summed E-state index contributed by atoms with van der Waals surface area (Å²) in [6.07, 6.45) is 0.108. The summed E-state index contributed by atoms with van der Waals surface area (Å²) in [7, 11) is 0. The van der Waals surface area contributed by atoms with Crippen LogP contribution < -0.4 is 5.73 Å². The van der Waals surface area contributed by atoms with Crippen LogP contribution in [-0.4, -0.2) is 11.7 Å². The maximum absolute atomic E-state index is 10.3. The summed E-state index contributed by atoms with van der Waals surface area (Å²) in [5.41, 5.74) is 6.02. The monoisotopic (exact) mass is 261 g/mol. The van der Waals surface area contributed by atoms with Gasteiger partial charge >= 0.3 is 0 Å². The molecule has 2 unspecified atom stereocenters. The smallest absolute Gasteiger partial charge is 0.0869 e. The van der Waals surface area contributed by atoms with E-state index in [0.29, 0.717) is 22.2 Å². The Labute approximate surface area is 106 Å². The van der Waals surface area contributed by atoms with Crippen LogP contribution in [0.1, 0.15) is 31.9 Å². The first kappa shape index (κ1) is 13.8. The Morgan fingerprint density at radius 3 is 2.50 bits per heavy atom. The highest BCUT2D eigenvalue weighted by atomic mass is 35.5. The van der Waals surface area contributed by atoms with E-state index < -0.39 is 6.10 Å². The second-order valence-corrected chi connectivity index (χ2v) is 5.12. The van der Waals surface area contributed by atoms with Gasteiger partial charge in [0.05, 0.1) is 6.10 Å². The molecule has 0 aliphatic heterocycles. The van der Waals surface area contributed by atoms with Gasteiger partial charge in [-0.05, 0) is 24.1 Å². The summed E-state index contributed by atoms with van der Waals surface area (Å²) in [6, 6.07) is 5.10. The molecular weight excluding hydrogens is 245 g/mol. The number of hydrogen-bond acceptors (Lipinski definition) is 2. The van der Waals surface area contributed by atoms with Crippen molar-refractivity contribution in [2.24, 2.45) is 11.1 Å². The van der Waals surface area contributed by atoms with Crippen LogP contribution in [0.4, 0.5) is 0 Å². The molecule has 3 N–H and O–H groups in total. The van der Waals surface area contributed by atoms with Gasteiger partial charge in [0.25, 0.3) is 0 Å². The van der Waals surface area contributed by atoms with Crippen LogP contribution in [0.3, 0.4) is 0 Å². The zero-order valence-corrected chi connectivity index (χ0v) is 11.0. The molecular formula is C12H17Cl2NO. The molecule has 2 atom stereocenters. The van der Waals surface area contributed by atoms with Crippen molar-refractivity contribution in [3.8, 4) is 0 Å². The van der Waals surface area contributed by atoms with Crippen molar-refractivity contribution in [2.45, 2.75) is 26.4 Å². The Kier molecular flexibility index (Phi) is 4.62. The van der Waals surface area contributed by atoms with E-state index in [-0.39, 0.29) is 5.41 Å². The number of hydrogen-bond donors (Lipinski definition) is 2. The molecule has 0 heterocycles. The lowest BCUT2D eigenvalue weighted by Crippen LogP contribution is -2.33. The lowest BCUT2D eigenvalue weighted by molar-refractivity contribution is 0.0392. The minimum absolute atomic E-state index is 0.364. The number of benzene rings is 1. The van der Waals surface area contributed by atoms with Crippen LogP contribution in [0.15, 0.2) is 18.2 Å². The molecule has 1 rings (SSSR count). The maximum atomic E-state index is 10.3. The van der Waals surface area contributed by atoms with Gasteiger partial charge in [-0.2, -0.15) is 0 Å². The molecule has 16 heavy (non-hydrogen) atoms. The second kappa shape index (κ2) is 5.37. The van der Waals surface area contributed by atoms with Crippen LogP contribution >= 0.6 is 23.2 Å².